The summed E-state index contributed by atoms with van der Waals surface area (Å²) < 4.78 is 5.74. The van der Waals surface area contributed by atoms with E-state index in [0.29, 0.717) is 24.5 Å². The third-order valence-corrected chi connectivity index (χ3v) is 4.03. The first-order valence-electron chi connectivity index (χ1n) is 6.49. The zero-order valence-corrected chi connectivity index (χ0v) is 12.7. The van der Waals surface area contributed by atoms with Crippen molar-refractivity contribution < 1.29 is 9.53 Å². The Morgan fingerprint density at radius 2 is 2.25 bits per heavy atom. The van der Waals surface area contributed by atoms with Gasteiger partial charge in [-0.15, -0.1) is 11.3 Å². The Bertz CT molecular complexity index is 595. The molecule has 0 atom stereocenters. The van der Waals surface area contributed by atoms with Crippen LogP contribution >= 0.6 is 11.3 Å². The highest BCUT2D eigenvalue weighted by atomic mass is 32.1. The van der Waals surface area contributed by atoms with E-state index >= 15 is 0 Å². The number of hydrogen-bond donors (Lipinski definition) is 0. The first kappa shape index (κ1) is 14.5. The zero-order chi connectivity index (χ0) is 14.5. The summed E-state index contributed by atoms with van der Waals surface area (Å²) in [6.45, 7) is 5.08. The Hall–Kier alpha value is -1.88. The van der Waals surface area contributed by atoms with Crippen LogP contribution in [0.3, 0.4) is 0 Å². The van der Waals surface area contributed by atoms with Gasteiger partial charge in [0.1, 0.15) is 12.4 Å². The molecule has 4 nitrogen and oxygen atoms in total. The predicted octanol–water partition coefficient (Wildman–Crippen LogP) is 3.12. The third kappa shape index (κ3) is 3.36. The first-order chi connectivity index (χ1) is 9.61. The van der Waals surface area contributed by atoms with Crippen LogP contribution in [0.4, 0.5) is 0 Å². The summed E-state index contributed by atoms with van der Waals surface area (Å²) in [7, 11) is 1.79. The molecular formula is C15H18N2O2S. The average Bonchev–Trinajstić information content (AvgIpc) is 2.89. The molecular weight excluding hydrogens is 272 g/mol. The second-order valence-electron chi connectivity index (χ2n) is 4.50. The van der Waals surface area contributed by atoms with Crippen LogP contribution < -0.4 is 4.74 Å². The van der Waals surface area contributed by atoms with Gasteiger partial charge in [-0.2, -0.15) is 0 Å². The summed E-state index contributed by atoms with van der Waals surface area (Å²) in [5.74, 6) is 0.708. The fourth-order valence-electron chi connectivity index (χ4n) is 1.70. The Labute approximate surface area is 123 Å². The van der Waals surface area contributed by atoms with Gasteiger partial charge < -0.3 is 9.64 Å². The van der Waals surface area contributed by atoms with Crippen molar-refractivity contribution in [3.05, 3.63) is 45.9 Å². The number of rotatable bonds is 5. The minimum absolute atomic E-state index is 0.00641. The van der Waals surface area contributed by atoms with Crippen LogP contribution in [-0.4, -0.2) is 29.4 Å². The topological polar surface area (TPSA) is 42.4 Å². The first-order valence-corrected chi connectivity index (χ1v) is 7.37. The Morgan fingerprint density at radius 1 is 1.45 bits per heavy atom. The lowest BCUT2D eigenvalue weighted by Crippen LogP contribution is -2.26. The summed E-state index contributed by atoms with van der Waals surface area (Å²) in [6, 6.07) is 7.29. The molecule has 0 saturated carbocycles. The van der Waals surface area contributed by atoms with Crippen LogP contribution in [0.15, 0.2) is 29.8 Å². The van der Waals surface area contributed by atoms with Gasteiger partial charge in [0.25, 0.3) is 5.91 Å². The molecule has 1 aromatic carbocycles. The number of amides is 1. The molecule has 0 spiro atoms. The highest BCUT2D eigenvalue weighted by Crippen LogP contribution is 2.19. The van der Waals surface area contributed by atoms with Crippen molar-refractivity contribution in [2.24, 2.45) is 0 Å². The number of nitrogens with zero attached hydrogens (tertiary/aromatic N) is 2. The van der Waals surface area contributed by atoms with E-state index in [2.05, 4.69) is 4.98 Å². The van der Waals surface area contributed by atoms with Crippen molar-refractivity contribution in [3.8, 4) is 5.75 Å². The second-order valence-corrected chi connectivity index (χ2v) is 5.44. The number of thiazole rings is 1. The van der Waals surface area contributed by atoms with Crippen molar-refractivity contribution in [3.63, 3.8) is 0 Å². The van der Waals surface area contributed by atoms with E-state index in [1.54, 1.807) is 35.4 Å². The highest BCUT2D eigenvalue weighted by Gasteiger charge is 2.11. The second kappa shape index (κ2) is 6.52. The van der Waals surface area contributed by atoms with Gasteiger partial charge >= 0.3 is 0 Å². The Morgan fingerprint density at radius 3 is 2.90 bits per heavy atom. The van der Waals surface area contributed by atoms with E-state index in [1.807, 2.05) is 31.5 Å². The molecule has 0 N–H and O–H groups in total. The molecule has 1 amide bonds. The van der Waals surface area contributed by atoms with Gasteiger partial charge in [-0.1, -0.05) is 6.07 Å². The number of benzene rings is 1. The smallest absolute Gasteiger partial charge is 0.253 e. The number of aromatic nitrogens is 1. The minimum atomic E-state index is 0.00641. The van der Waals surface area contributed by atoms with Gasteiger partial charge in [0.2, 0.25) is 0 Å². The summed E-state index contributed by atoms with van der Waals surface area (Å²) in [6.07, 6.45) is 0. The Kier molecular flexibility index (Phi) is 4.74. The lowest BCUT2D eigenvalue weighted by atomic mass is 10.2. The van der Waals surface area contributed by atoms with Gasteiger partial charge in [0.15, 0.2) is 0 Å². The van der Waals surface area contributed by atoms with Gasteiger partial charge in [0.05, 0.1) is 16.1 Å². The van der Waals surface area contributed by atoms with E-state index in [1.165, 1.54) is 0 Å². The minimum Gasteiger partial charge on any atom is -0.488 e. The van der Waals surface area contributed by atoms with E-state index in [4.69, 9.17) is 4.74 Å². The van der Waals surface area contributed by atoms with Crippen LogP contribution in [0.1, 0.15) is 27.9 Å². The van der Waals surface area contributed by atoms with Crippen molar-refractivity contribution in [2.75, 3.05) is 13.6 Å². The molecule has 0 aliphatic carbocycles. The molecule has 106 valence electrons. The number of ether oxygens (including phenoxy) is 1. The van der Waals surface area contributed by atoms with Gasteiger partial charge in [-0.25, -0.2) is 4.98 Å². The molecule has 0 aliphatic rings. The van der Waals surface area contributed by atoms with E-state index < -0.39 is 0 Å². The molecule has 20 heavy (non-hydrogen) atoms. The molecule has 2 aromatic rings. The number of carbonyl (C=O) groups excluding carboxylic acids is 1. The molecule has 0 fully saturated rings. The molecule has 0 radical (unpaired) electrons. The summed E-state index contributed by atoms with van der Waals surface area (Å²) in [5, 5.41) is 0. The monoisotopic (exact) mass is 290 g/mol. The maximum atomic E-state index is 12.1. The van der Waals surface area contributed by atoms with Gasteiger partial charge in [-0.3, -0.25) is 4.79 Å². The highest BCUT2D eigenvalue weighted by molar-refractivity contribution is 7.09. The summed E-state index contributed by atoms with van der Waals surface area (Å²) in [4.78, 5) is 19.0. The van der Waals surface area contributed by atoms with Crippen molar-refractivity contribution in [1.82, 2.24) is 9.88 Å². The van der Waals surface area contributed by atoms with Gasteiger partial charge in [0, 0.05) is 19.2 Å². The molecule has 0 bridgehead atoms. The quantitative estimate of drug-likeness (QED) is 0.849. The van der Waals surface area contributed by atoms with Crippen LogP contribution in [-0.2, 0) is 6.61 Å². The molecule has 5 heteroatoms. The van der Waals surface area contributed by atoms with Crippen LogP contribution in [0.5, 0.6) is 5.75 Å². The fourth-order valence-corrected chi connectivity index (χ4v) is 2.38. The van der Waals surface area contributed by atoms with Crippen LogP contribution in [0, 0.1) is 6.92 Å². The van der Waals surface area contributed by atoms with Crippen LogP contribution in [0.2, 0.25) is 0 Å². The molecule has 0 aliphatic heterocycles. The Balaban J connectivity index is 2.06. The third-order valence-electron chi connectivity index (χ3n) is 3.12. The van der Waals surface area contributed by atoms with Gasteiger partial charge in [-0.05, 0) is 32.0 Å². The van der Waals surface area contributed by atoms with E-state index in [-0.39, 0.29) is 5.91 Å². The van der Waals surface area contributed by atoms with E-state index in [9.17, 15) is 4.79 Å². The fraction of sp³-hybridized carbons (Fsp3) is 0.333. The maximum Gasteiger partial charge on any atom is 0.253 e. The van der Waals surface area contributed by atoms with Crippen molar-refractivity contribution >= 4 is 17.2 Å². The summed E-state index contributed by atoms with van der Waals surface area (Å²) in [5.41, 5.74) is 3.45. The average molecular weight is 290 g/mol. The SMILES string of the molecule is CCN(C)C(=O)c1cccc(OCc2scnc2C)c1. The number of carbonyl (C=O) groups is 1. The maximum absolute atomic E-state index is 12.1. The normalized spacial score (nSPS) is 10.3. The number of hydrogen-bond acceptors (Lipinski definition) is 4. The summed E-state index contributed by atoms with van der Waals surface area (Å²) >= 11 is 1.58. The lowest BCUT2D eigenvalue weighted by Gasteiger charge is -2.15. The lowest BCUT2D eigenvalue weighted by molar-refractivity contribution is 0.0802. The molecule has 1 heterocycles. The molecule has 2 rings (SSSR count). The molecule has 0 unspecified atom stereocenters. The predicted molar refractivity (Wildman–Crippen MR) is 80.3 cm³/mol. The zero-order valence-electron chi connectivity index (χ0n) is 11.9. The van der Waals surface area contributed by atoms with E-state index in [0.717, 1.165) is 10.6 Å². The van der Waals surface area contributed by atoms with Crippen LogP contribution in [0.25, 0.3) is 0 Å². The molecule has 0 saturated heterocycles. The number of aryl methyl sites for hydroxylation is 1. The molecule has 1 aromatic heterocycles. The van der Waals surface area contributed by atoms with Crippen molar-refractivity contribution in [2.45, 2.75) is 20.5 Å². The standard InChI is InChI=1S/C15H18N2O2S/c1-4-17(3)15(18)12-6-5-7-13(8-12)19-9-14-11(2)16-10-20-14/h5-8,10H,4,9H2,1-3H3. The van der Waals surface area contributed by atoms with Crippen molar-refractivity contribution in [1.29, 1.82) is 0 Å². The largest absolute Gasteiger partial charge is 0.488 e.